The quantitative estimate of drug-likeness (QED) is 0.569. The number of piperazine rings is 1. The van der Waals surface area contributed by atoms with Crippen molar-refractivity contribution in [3.63, 3.8) is 0 Å². The second-order valence-electron chi connectivity index (χ2n) is 8.16. The average Bonchev–Trinajstić information content (AvgIpc) is 2.67. The Bertz CT molecular complexity index is 695. The normalized spacial score (nSPS) is 23.4. The maximum Gasteiger partial charge on any atom is 0.293 e. The lowest BCUT2D eigenvalue weighted by Gasteiger charge is -2.36. The minimum Gasteiger partial charge on any atom is -0.365 e. The van der Waals surface area contributed by atoms with E-state index in [1.54, 1.807) is 12.1 Å². The van der Waals surface area contributed by atoms with Crippen LogP contribution in [0.4, 0.5) is 11.4 Å². The largest absolute Gasteiger partial charge is 0.365 e. The molecule has 1 aromatic carbocycles. The zero-order valence-electron chi connectivity index (χ0n) is 16.8. The maximum absolute atomic E-state index is 12.5. The van der Waals surface area contributed by atoms with E-state index < -0.39 is 0 Å². The fraction of sp³-hybridized carbons (Fsp3) is 0.650. The number of piperidine rings is 1. The van der Waals surface area contributed by atoms with Gasteiger partial charge < -0.3 is 15.5 Å². The summed E-state index contributed by atoms with van der Waals surface area (Å²) in [4.78, 5) is 28.1. The van der Waals surface area contributed by atoms with Crippen molar-refractivity contribution in [2.45, 2.75) is 20.3 Å². The number of nitro benzene ring substituents is 1. The highest BCUT2D eigenvalue weighted by Crippen LogP contribution is 2.33. The predicted octanol–water partition coefficient (Wildman–Crippen LogP) is 1.71. The first kappa shape index (κ1) is 20.5. The van der Waals surface area contributed by atoms with Gasteiger partial charge in [0.15, 0.2) is 0 Å². The number of carbonyl (C=O) groups excluding carboxylic acids is 1. The predicted molar refractivity (Wildman–Crippen MR) is 110 cm³/mol. The van der Waals surface area contributed by atoms with Gasteiger partial charge in [0.1, 0.15) is 5.69 Å². The van der Waals surface area contributed by atoms with E-state index in [1.165, 1.54) is 6.07 Å². The highest BCUT2D eigenvalue weighted by atomic mass is 16.6. The summed E-state index contributed by atoms with van der Waals surface area (Å²) in [7, 11) is 0. The zero-order valence-corrected chi connectivity index (χ0v) is 16.8. The molecule has 2 aliphatic heterocycles. The van der Waals surface area contributed by atoms with Gasteiger partial charge in [0.25, 0.3) is 11.6 Å². The van der Waals surface area contributed by atoms with Gasteiger partial charge in [0.2, 0.25) is 0 Å². The van der Waals surface area contributed by atoms with Gasteiger partial charge in [-0.25, -0.2) is 0 Å². The topological polar surface area (TPSA) is 90.8 Å². The lowest BCUT2D eigenvalue weighted by Crippen LogP contribution is -2.46. The molecule has 0 radical (unpaired) electrons. The minimum absolute atomic E-state index is 0.0102. The van der Waals surface area contributed by atoms with E-state index in [0.717, 1.165) is 52.2 Å². The number of nitrogens with one attached hydrogen (secondary N) is 2. The van der Waals surface area contributed by atoms with Gasteiger partial charge in [0.05, 0.1) is 4.92 Å². The van der Waals surface area contributed by atoms with E-state index in [9.17, 15) is 14.9 Å². The lowest BCUT2D eigenvalue weighted by atomic mass is 9.91. The molecule has 3 rings (SSSR count). The zero-order chi connectivity index (χ0) is 20.1. The number of amides is 1. The molecule has 1 aromatic rings. The van der Waals surface area contributed by atoms with Crippen LogP contribution in [0.5, 0.6) is 0 Å². The summed E-state index contributed by atoms with van der Waals surface area (Å²) in [6.45, 7) is 11.2. The number of nitro groups is 1. The molecule has 8 heteroatoms. The standard InChI is InChI=1S/C20H31N5O3/c1-15-11-16(2)14-24(13-15)18-4-3-17(12-19(18)25(27)28)20(26)22-7-10-23-8-5-21-6-9-23/h3-4,12,15-16,21H,5-11,13-14H2,1-2H3,(H,22,26). The van der Waals surface area contributed by atoms with E-state index in [1.807, 2.05) is 0 Å². The van der Waals surface area contributed by atoms with Crippen LogP contribution in [-0.2, 0) is 0 Å². The van der Waals surface area contributed by atoms with Gasteiger partial charge in [-0.2, -0.15) is 0 Å². The van der Waals surface area contributed by atoms with Crippen LogP contribution in [0.1, 0.15) is 30.6 Å². The minimum atomic E-state index is -0.378. The van der Waals surface area contributed by atoms with Gasteiger partial charge >= 0.3 is 0 Å². The second kappa shape index (κ2) is 9.34. The number of anilines is 1. The molecule has 0 bridgehead atoms. The molecule has 2 fully saturated rings. The molecular weight excluding hydrogens is 358 g/mol. The smallest absolute Gasteiger partial charge is 0.293 e. The van der Waals surface area contributed by atoms with Crippen LogP contribution in [0.2, 0.25) is 0 Å². The molecule has 0 spiro atoms. The van der Waals surface area contributed by atoms with Gasteiger partial charge in [-0.15, -0.1) is 0 Å². The van der Waals surface area contributed by atoms with E-state index in [0.29, 0.717) is 29.6 Å². The van der Waals surface area contributed by atoms with E-state index >= 15 is 0 Å². The third kappa shape index (κ3) is 5.20. The van der Waals surface area contributed by atoms with E-state index in [2.05, 4.69) is 34.3 Å². The summed E-state index contributed by atoms with van der Waals surface area (Å²) in [6.07, 6.45) is 1.14. The van der Waals surface area contributed by atoms with Crippen LogP contribution in [0, 0.1) is 22.0 Å². The Kier molecular flexibility index (Phi) is 6.85. The molecule has 2 aliphatic rings. The molecule has 2 unspecified atom stereocenters. The summed E-state index contributed by atoms with van der Waals surface area (Å²) < 4.78 is 0. The Morgan fingerprint density at radius 1 is 1.25 bits per heavy atom. The first-order chi connectivity index (χ1) is 13.4. The molecule has 8 nitrogen and oxygen atoms in total. The molecule has 2 saturated heterocycles. The third-order valence-corrected chi connectivity index (χ3v) is 5.57. The number of rotatable bonds is 6. The number of nitrogens with zero attached hydrogens (tertiary/aromatic N) is 3. The van der Waals surface area contributed by atoms with E-state index in [-0.39, 0.29) is 16.5 Å². The van der Waals surface area contributed by atoms with Crippen molar-refractivity contribution in [1.29, 1.82) is 0 Å². The van der Waals surface area contributed by atoms with Crippen LogP contribution in [0.25, 0.3) is 0 Å². The molecule has 2 N–H and O–H groups in total. The van der Waals surface area contributed by atoms with Crippen molar-refractivity contribution in [3.8, 4) is 0 Å². The van der Waals surface area contributed by atoms with E-state index in [4.69, 9.17) is 0 Å². The Hall–Kier alpha value is -2.19. The van der Waals surface area contributed by atoms with Crippen LogP contribution < -0.4 is 15.5 Å². The van der Waals surface area contributed by atoms with Gasteiger partial charge in [-0.3, -0.25) is 19.8 Å². The van der Waals surface area contributed by atoms with Crippen LogP contribution >= 0.6 is 0 Å². The number of hydrogen-bond acceptors (Lipinski definition) is 6. The average molecular weight is 390 g/mol. The summed E-state index contributed by atoms with van der Waals surface area (Å²) in [6, 6.07) is 4.85. The maximum atomic E-state index is 12.5. The number of hydrogen-bond donors (Lipinski definition) is 2. The van der Waals surface area contributed by atoms with Crippen molar-refractivity contribution in [1.82, 2.24) is 15.5 Å². The Morgan fingerprint density at radius 3 is 2.57 bits per heavy atom. The molecular formula is C20H31N5O3. The Balaban J connectivity index is 1.66. The summed E-state index contributed by atoms with van der Waals surface area (Å²) in [5.74, 6) is 0.734. The highest BCUT2D eigenvalue weighted by molar-refractivity contribution is 5.95. The van der Waals surface area contributed by atoms with Crippen molar-refractivity contribution < 1.29 is 9.72 Å². The first-order valence-corrected chi connectivity index (χ1v) is 10.2. The molecule has 0 saturated carbocycles. The molecule has 28 heavy (non-hydrogen) atoms. The number of carbonyl (C=O) groups is 1. The van der Waals surface area contributed by atoms with Crippen molar-refractivity contribution in [3.05, 3.63) is 33.9 Å². The monoisotopic (exact) mass is 389 g/mol. The lowest BCUT2D eigenvalue weighted by molar-refractivity contribution is -0.384. The molecule has 154 valence electrons. The highest BCUT2D eigenvalue weighted by Gasteiger charge is 2.27. The Labute approximate surface area is 166 Å². The fourth-order valence-corrected chi connectivity index (χ4v) is 4.30. The third-order valence-electron chi connectivity index (χ3n) is 5.57. The summed E-state index contributed by atoms with van der Waals surface area (Å²) in [5.41, 5.74) is 0.964. The summed E-state index contributed by atoms with van der Waals surface area (Å²) in [5, 5.41) is 17.8. The second-order valence-corrected chi connectivity index (χ2v) is 8.16. The fourth-order valence-electron chi connectivity index (χ4n) is 4.30. The molecule has 0 aromatic heterocycles. The molecule has 2 heterocycles. The van der Waals surface area contributed by atoms with Crippen LogP contribution in [-0.4, -0.2) is 68.1 Å². The Morgan fingerprint density at radius 2 is 1.93 bits per heavy atom. The molecule has 0 aliphatic carbocycles. The van der Waals surface area contributed by atoms with Gasteiger partial charge in [-0.05, 0) is 30.4 Å². The van der Waals surface area contributed by atoms with Crippen LogP contribution in [0.15, 0.2) is 18.2 Å². The van der Waals surface area contributed by atoms with Gasteiger partial charge in [0, 0.05) is 64.0 Å². The molecule has 2 atom stereocenters. The van der Waals surface area contributed by atoms with Gasteiger partial charge in [-0.1, -0.05) is 13.8 Å². The number of benzene rings is 1. The van der Waals surface area contributed by atoms with Crippen molar-refractivity contribution >= 4 is 17.3 Å². The van der Waals surface area contributed by atoms with Crippen LogP contribution in [0.3, 0.4) is 0 Å². The summed E-state index contributed by atoms with van der Waals surface area (Å²) >= 11 is 0. The SMILES string of the molecule is CC1CC(C)CN(c2ccc(C(=O)NCCN3CCNCC3)cc2[N+](=O)[O-])C1. The van der Waals surface area contributed by atoms with Crippen molar-refractivity contribution in [2.24, 2.45) is 11.8 Å². The van der Waals surface area contributed by atoms with Crippen molar-refractivity contribution in [2.75, 3.05) is 57.3 Å². The first-order valence-electron chi connectivity index (χ1n) is 10.2. The molecule has 1 amide bonds.